The molecule has 0 saturated carbocycles. The van der Waals surface area contributed by atoms with Crippen LogP contribution in [0.1, 0.15) is 44.3 Å². The molecule has 1 N–H and O–H groups in total. The molecule has 3 nitrogen and oxygen atoms in total. The van der Waals surface area contributed by atoms with Crippen molar-refractivity contribution in [1.29, 1.82) is 0 Å². The first-order valence-electron chi connectivity index (χ1n) is 5.71. The highest BCUT2D eigenvalue weighted by Gasteiger charge is 1.95. The first-order valence-corrected chi connectivity index (χ1v) is 5.71. The molecule has 0 radical (unpaired) electrons. The van der Waals surface area contributed by atoms with Crippen molar-refractivity contribution >= 4 is 12.0 Å². The first-order chi connectivity index (χ1) is 7.79. The van der Waals surface area contributed by atoms with Gasteiger partial charge in [0.1, 0.15) is 5.76 Å². The van der Waals surface area contributed by atoms with Crippen LogP contribution in [-0.4, -0.2) is 11.1 Å². The molecular formula is C13H18O3. The van der Waals surface area contributed by atoms with Crippen molar-refractivity contribution in [3.05, 3.63) is 30.2 Å². The Balaban J connectivity index is 1.94. The van der Waals surface area contributed by atoms with Gasteiger partial charge >= 0.3 is 5.97 Å². The highest BCUT2D eigenvalue weighted by atomic mass is 16.4. The van der Waals surface area contributed by atoms with Gasteiger partial charge in [0.05, 0.1) is 6.26 Å². The van der Waals surface area contributed by atoms with Crippen molar-refractivity contribution < 1.29 is 14.3 Å². The number of carbonyl (C=O) groups is 1. The number of unbranched alkanes of at least 4 members (excludes halogenated alkanes) is 4. The van der Waals surface area contributed by atoms with Gasteiger partial charge in [-0.2, -0.15) is 0 Å². The molecule has 3 heteroatoms. The van der Waals surface area contributed by atoms with E-state index in [1.54, 1.807) is 6.26 Å². The number of rotatable bonds is 8. The summed E-state index contributed by atoms with van der Waals surface area (Å²) < 4.78 is 5.15. The molecule has 0 aliphatic carbocycles. The monoisotopic (exact) mass is 222 g/mol. The van der Waals surface area contributed by atoms with Gasteiger partial charge in [-0.1, -0.05) is 18.9 Å². The molecule has 0 bridgehead atoms. The lowest BCUT2D eigenvalue weighted by atomic mass is 10.1. The van der Waals surface area contributed by atoms with E-state index in [1.807, 2.05) is 18.2 Å². The molecular weight excluding hydrogens is 204 g/mol. The summed E-state index contributed by atoms with van der Waals surface area (Å²) in [6.07, 6.45) is 11.0. The predicted molar refractivity (Wildman–Crippen MR) is 63.1 cm³/mol. The van der Waals surface area contributed by atoms with Crippen LogP contribution in [0.15, 0.2) is 28.9 Å². The van der Waals surface area contributed by atoms with Crippen molar-refractivity contribution in [2.45, 2.75) is 38.5 Å². The Morgan fingerprint density at radius 3 is 2.81 bits per heavy atom. The Morgan fingerprint density at radius 2 is 2.12 bits per heavy atom. The van der Waals surface area contributed by atoms with Gasteiger partial charge in [-0.3, -0.25) is 4.79 Å². The van der Waals surface area contributed by atoms with Crippen LogP contribution < -0.4 is 0 Å². The van der Waals surface area contributed by atoms with Gasteiger partial charge in [-0.15, -0.1) is 0 Å². The molecule has 1 aromatic heterocycles. The van der Waals surface area contributed by atoms with Gasteiger partial charge in [0, 0.05) is 6.42 Å². The lowest BCUT2D eigenvalue weighted by molar-refractivity contribution is -0.137. The van der Waals surface area contributed by atoms with Gasteiger partial charge in [0.25, 0.3) is 0 Å². The van der Waals surface area contributed by atoms with Crippen LogP contribution in [-0.2, 0) is 4.79 Å². The predicted octanol–water partition coefficient (Wildman–Crippen LogP) is 3.72. The van der Waals surface area contributed by atoms with E-state index in [0.717, 1.165) is 37.9 Å². The number of allylic oxidation sites excluding steroid dienone is 1. The standard InChI is InChI=1S/C13H18O3/c14-13(15)10-6-4-2-1-3-5-8-12-9-7-11-16-12/h5,7-9,11H,1-4,6,10H2,(H,14,15)/b8-5+. The fourth-order valence-corrected chi connectivity index (χ4v) is 1.48. The maximum atomic E-state index is 10.2. The molecule has 1 aromatic rings. The van der Waals surface area contributed by atoms with Crippen molar-refractivity contribution in [1.82, 2.24) is 0 Å². The minimum Gasteiger partial charge on any atom is -0.481 e. The smallest absolute Gasteiger partial charge is 0.303 e. The van der Waals surface area contributed by atoms with Crippen molar-refractivity contribution in [2.24, 2.45) is 0 Å². The average molecular weight is 222 g/mol. The van der Waals surface area contributed by atoms with Crippen LogP contribution in [0.5, 0.6) is 0 Å². The van der Waals surface area contributed by atoms with E-state index < -0.39 is 5.97 Å². The molecule has 0 amide bonds. The SMILES string of the molecule is O=C(O)CCCCCC/C=C/c1ccco1. The largest absolute Gasteiger partial charge is 0.481 e. The topological polar surface area (TPSA) is 50.4 Å². The van der Waals surface area contributed by atoms with E-state index in [1.165, 1.54) is 0 Å². The summed E-state index contributed by atoms with van der Waals surface area (Å²) in [7, 11) is 0. The van der Waals surface area contributed by atoms with Gasteiger partial charge < -0.3 is 9.52 Å². The Hall–Kier alpha value is -1.51. The van der Waals surface area contributed by atoms with Crippen LogP contribution in [0.2, 0.25) is 0 Å². The quantitative estimate of drug-likeness (QED) is 0.682. The summed E-state index contributed by atoms with van der Waals surface area (Å²) in [5, 5.41) is 8.44. The zero-order chi connectivity index (χ0) is 11.6. The molecule has 0 fully saturated rings. The average Bonchev–Trinajstić information content (AvgIpc) is 2.74. The summed E-state index contributed by atoms with van der Waals surface area (Å²) in [6, 6.07) is 3.79. The van der Waals surface area contributed by atoms with Crippen molar-refractivity contribution in [3.63, 3.8) is 0 Å². The van der Waals surface area contributed by atoms with E-state index in [2.05, 4.69) is 6.08 Å². The highest BCUT2D eigenvalue weighted by molar-refractivity contribution is 5.66. The zero-order valence-corrected chi connectivity index (χ0v) is 9.39. The van der Waals surface area contributed by atoms with Gasteiger partial charge in [0.2, 0.25) is 0 Å². The lowest BCUT2D eigenvalue weighted by Gasteiger charge is -1.96. The minimum atomic E-state index is -0.697. The molecule has 0 aliphatic heterocycles. The van der Waals surface area contributed by atoms with Crippen LogP contribution in [0.4, 0.5) is 0 Å². The molecule has 88 valence electrons. The molecule has 1 heterocycles. The van der Waals surface area contributed by atoms with E-state index in [0.29, 0.717) is 6.42 Å². The van der Waals surface area contributed by atoms with Crippen LogP contribution in [0.25, 0.3) is 6.08 Å². The van der Waals surface area contributed by atoms with Crippen LogP contribution in [0, 0.1) is 0 Å². The van der Waals surface area contributed by atoms with Crippen molar-refractivity contribution in [3.8, 4) is 0 Å². The van der Waals surface area contributed by atoms with Crippen molar-refractivity contribution in [2.75, 3.05) is 0 Å². The number of hydrogen-bond donors (Lipinski definition) is 1. The Bertz CT molecular complexity index is 312. The summed E-state index contributed by atoms with van der Waals surface area (Å²) in [6.45, 7) is 0. The summed E-state index contributed by atoms with van der Waals surface area (Å²) in [5.41, 5.74) is 0. The van der Waals surface area contributed by atoms with E-state index in [4.69, 9.17) is 9.52 Å². The fraction of sp³-hybridized carbons (Fsp3) is 0.462. The second-order valence-corrected chi connectivity index (χ2v) is 3.76. The molecule has 0 atom stereocenters. The molecule has 16 heavy (non-hydrogen) atoms. The second kappa shape index (κ2) is 7.74. The molecule has 1 rings (SSSR count). The van der Waals surface area contributed by atoms with Gasteiger partial charge in [0.15, 0.2) is 0 Å². The van der Waals surface area contributed by atoms with E-state index >= 15 is 0 Å². The first kappa shape index (κ1) is 12.6. The summed E-state index contributed by atoms with van der Waals surface area (Å²) >= 11 is 0. The summed E-state index contributed by atoms with van der Waals surface area (Å²) in [4.78, 5) is 10.2. The van der Waals surface area contributed by atoms with Gasteiger partial charge in [-0.25, -0.2) is 0 Å². The third-order valence-corrected chi connectivity index (χ3v) is 2.34. The third kappa shape index (κ3) is 6.06. The van der Waals surface area contributed by atoms with E-state index in [-0.39, 0.29) is 0 Å². The summed E-state index contributed by atoms with van der Waals surface area (Å²) in [5.74, 6) is 0.184. The molecule has 0 saturated heterocycles. The number of furan rings is 1. The maximum absolute atomic E-state index is 10.2. The number of hydrogen-bond acceptors (Lipinski definition) is 2. The van der Waals surface area contributed by atoms with Crippen LogP contribution in [0.3, 0.4) is 0 Å². The lowest BCUT2D eigenvalue weighted by Crippen LogP contribution is -1.93. The normalized spacial score (nSPS) is 11.0. The number of carboxylic acids is 1. The molecule has 0 aliphatic rings. The Labute approximate surface area is 95.8 Å². The highest BCUT2D eigenvalue weighted by Crippen LogP contribution is 2.08. The van der Waals surface area contributed by atoms with Crippen LogP contribution >= 0.6 is 0 Å². The van der Waals surface area contributed by atoms with E-state index in [9.17, 15) is 4.79 Å². The van der Waals surface area contributed by atoms with Gasteiger partial charge in [-0.05, 0) is 37.5 Å². The minimum absolute atomic E-state index is 0.294. The molecule has 0 unspecified atom stereocenters. The number of carboxylic acid groups (broad SMARTS) is 1. The molecule has 0 spiro atoms. The Morgan fingerprint density at radius 1 is 1.31 bits per heavy atom. The third-order valence-electron chi connectivity index (χ3n) is 2.34. The number of aliphatic carboxylic acids is 1. The maximum Gasteiger partial charge on any atom is 0.303 e. The molecule has 0 aromatic carbocycles. The Kier molecular flexibility index (Phi) is 6.07. The fourth-order valence-electron chi connectivity index (χ4n) is 1.48. The second-order valence-electron chi connectivity index (χ2n) is 3.76. The zero-order valence-electron chi connectivity index (χ0n) is 9.39.